The van der Waals surface area contributed by atoms with Gasteiger partial charge in [-0.2, -0.15) is 0 Å². The SMILES string of the molecule is CC=CC(C=CCCCCC)CCCCCCCCCCCCCCCCC. The third-order valence-electron chi connectivity index (χ3n) is 5.94. The van der Waals surface area contributed by atoms with Gasteiger partial charge in [0, 0.05) is 0 Å². The Hall–Kier alpha value is -0.520. The standard InChI is InChI=1S/C28H54/c1-4-7-9-11-12-13-14-15-16-17-18-19-20-22-24-27-28(25-6-3)26-23-21-10-8-5-2/h6,23,25-26,28H,4-5,7-22,24,27H2,1-3H3. The first kappa shape index (κ1) is 27.5. The van der Waals surface area contributed by atoms with E-state index in [4.69, 9.17) is 0 Å². The van der Waals surface area contributed by atoms with E-state index >= 15 is 0 Å². The quantitative estimate of drug-likeness (QED) is 0.127. The van der Waals surface area contributed by atoms with Gasteiger partial charge in [-0.1, -0.05) is 147 Å². The minimum atomic E-state index is 0.675. The van der Waals surface area contributed by atoms with E-state index in [0.29, 0.717) is 5.92 Å². The average Bonchev–Trinajstić information content (AvgIpc) is 2.70. The van der Waals surface area contributed by atoms with Gasteiger partial charge in [-0.15, -0.1) is 0 Å². The molecule has 0 saturated carbocycles. The van der Waals surface area contributed by atoms with Crippen LogP contribution in [0.25, 0.3) is 0 Å². The van der Waals surface area contributed by atoms with Crippen LogP contribution in [-0.2, 0) is 0 Å². The van der Waals surface area contributed by atoms with Gasteiger partial charge in [0.05, 0.1) is 0 Å². The summed E-state index contributed by atoms with van der Waals surface area (Å²) in [4.78, 5) is 0. The maximum atomic E-state index is 2.46. The molecule has 0 spiro atoms. The molecule has 1 atom stereocenters. The van der Waals surface area contributed by atoms with Gasteiger partial charge in [0.25, 0.3) is 0 Å². The van der Waals surface area contributed by atoms with E-state index in [1.54, 1.807) is 0 Å². The molecule has 0 radical (unpaired) electrons. The highest BCUT2D eigenvalue weighted by molar-refractivity contribution is 4.99. The van der Waals surface area contributed by atoms with E-state index in [1.807, 2.05) is 0 Å². The maximum Gasteiger partial charge on any atom is -0.00536 e. The Balaban J connectivity index is 3.39. The summed E-state index contributed by atoms with van der Waals surface area (Å²) in [5.41, 5.74) is 0. The van der Waals surface area contributed by atoms with E-state index in [2.05, 4.69) is 45.1 Å². The van der Waals surface area contributed by atoms with Crippen molar-refractivity contribution in [1.29, 1.82) is 0 Å². The van der Waals surface area contributed by atoms with Gasteiger partial charge < -0.3 is 0 Å². The topological polar surface area (TPSA) is 0 Å². The Morgan fingerprint density at radius 1 is 0.500 bits per heavy atom. The second-order valence-corrected chi connectivity index (χ2v) is 8.85. The van der Waals surface area contributed by atoms with Crippen LogP contribution in [0.1, 0.15) is 149 Å². The zero-order valence-electron chi connectivity index (χ0n) is 20.0. The zero-order chi connectivity index (χ0) is 20.5. The molecule has 0 aromatic carbocycles. The molecule has 28 heavy (non-hydrogen) atoms. The van der Waals surface area contributed by atoms with Crippen LogP contribution >= 0.6 is 0 Å². The van der Waals surface area contributed by atoms with Gasteiger partial charge in [0.2, 0.25) is 0 Å². The lowest BCUT2D eigenvalue weighted by Crippen LogP contribution is -1.92. The Labute approximate surface area is 179 Å². The van der Waals surface area contributed by atoms with Crippen LogP contribution in [0.3, 0.4) is 0 Å². The molecule has 1 unspecified atom stereocenters. The molecule has 0 nitrogen and oxygen atoms in total. The predicted molar refractivity (Wildman–Crippen MR) is 131 cm³/mol. The summed E-state index contributed by atoms with van der Waals surface area (Å²) in [6.07, 6.45) is 37.9. The largest absolute Gasteiger partial charge is 0.0911 e. The third kappa shape index (κ3) is 21.8. The minimum absolute atomic E-state index is 0.675. The van der Waals surface area contributed by atoms with Crippen molar-refractivity contribution in [3.05, 3.63) is 24.3 Å². The van der Waals surface area contributed by atoms with Gasteiger partial charge in [-0.05, 0) is 32.1 Å². The van der Waals surface area contributed by atoms with Crippen LogP contribution in [0.4, 0.5) is 0 Å². The molecule has 0 N–H and O–H groups in total. The lowest BCUT2D eigenvalue weighted by atomic mass is 9.98. The lowest BCUT2D eigenvalue weighted by molar-refractivity contribution is 0.524. The Bertz CT molecular complexity index is 325. The van der Waals surface area contributed by atoms with Crippen molar-refractivity contribution in [2.24, 2.45) is 5.92 Å². The molecule has 0 rings (SSSR count). The van der Waals surface area contributed by atoms with Crippen molar-refractivity contribution in [2.45, 2.75) is 149 Å². The van der Waals surface area contributed by atoms with Crippen molar-refractivity contribution >= 4 is 0 Å². The molecule has 0 heterocycles. The van der Waals surface area contributed by atoms with Gasteiger partial charge in [0.15, 0.2) is 0 Å². The number of hydrogen-bond acceptors (Lipinski definition) is 0. The van der Waals surface area contributed by atoms with Crippen molar-refractivity contribution in [3.8, 4) is 0 Å². The fraction of sp³-hybridized carbons (Fsp3) is 0.857. The van der Waals surface area contributed by atoms with E-state index in [1.165, 1.54) is 128 Å². The summed E-state index contributed by atoms with van der Waals surface area (Å²) in [7, 11) is 0. The van der Waals surface area contributed by atoms with Crippen LogP contribution in [0.2, 0.25) is 0 Å². The van der Waals surface area contributed by atoms with Crippen molar-refractivity contribution in [1.82, 2.24) is 0 Å². The summed E-state index contributed by atoms with van der Waals surface area (Å²) < 4.78 is 0. The van der Waals surface area contributed by atoms with Gasteiger partial charge >= 0.3 is 0 Å². The summed E-state index contributed by atoms with van der Waals surface area (Å²) in [5, 5.41) is 0. The van der Waals surface area contributed by atoms with E-state index in [-0.39, 0.29) is 0 Å². The third-order valence-corrected chi connectivity index (χ3v) is 5.94. The molecule has 0 heteroatoms. The summed E-state index contributed by atoms with van der Waals surface area (Å²) in [6.45, 7) is 6.74. The van der Waals surface area contributed by atoms with Crippen molar-refractivity contribution < 1.29 is 0 Å². The Morgan fingerprint density at radius 3 is 1.39 bits per heavy atom. The molecule has 0 fully saturated rings. The molecular formula is C28H54. The number of hydrogen-bond donors (Lipinski definition) is 0. The van der Waals surface area contributed by atoms with Gasteiger partial charge in [0.1, 0.15) is 0 Å². The number of rotatable bonds is 22. The molecule has 0 aromatic rings. The normalized spacial score (nSPS) is 13.1. The molecule has 0 aliphatic rings. The molecule has 0 aliphatic carbocycles. The lowest BCUT2D eigenvalue weighted by Gasteiger charge is -2.08. The van der Waals surface area contributed by atoms with Gasteiger partial charge in [-0.25, -0.2) is 0 Å². The van der Waals surface area contributed by atoms with E-state index in [0.717, 1.165) is 0 Å². The van der Waals surface area contributed by atoms with E-state index in [9.17, 15) is 0 Å². The monoisotopic (exact) mass is 390 g/mol. The smallest absolute Gasteiger partial charge is 0.00536 e. The summed E-state index contributed by atoms with van der Waals surface area (Å²) in [6, 6.07) is 0. The first-order chi connectivity index (χ1) is 13.8. The molecule has 0 bridgehead atoms. The molecule has 0 aromatic heterocycles. The second kappa shape index (κ2) is 24.5. The van der Waals surface area contributed by atoms with Gasteiger partial charge in [-0.3, -0.25) is 0 Å². The van der Waals surface area contributed by atoms with Crippen LogP contribution < -0.4 is 0 Å². The average molecular weight is 391 g/mol. The fourth-order valence-corrected chi connectivity index (χ4v) is 4.04. The molecule has 166 valence electrons. The highest BCUT2D eigenvalue weighted by Crippen LogP contribution is 2.17. The molecular weight excluding hydrogens is 336 g/mol. The van der Waals surface area contributed by atoms with Crippen LogP contribution in [-0.4, -0.2) is 0 Å². The fourth-order valence-electron chi connectivity index (χ4n) is 4.04. The number of allylic oxidation sites excluding steroid dienone is 4. The second-order valence-electron chi connectivity index (χ2n) is 8.85. The highest BCUT2D eigenvalue weighted by atomic mass is 14.1. The Morgan fingerprint density at radius 2 is 0.929 bits per heavy atom. The highest BCUT2D eigenvalue weighted by Gasteiger charge is 2.00. The first-order valence-electron chi connectivity index (χ1n) is 13.1. The summed E-state index contributed by atoms with van der Waals surface area (Å²) >= 11 is 0. The number of unbranched alkanes of at least 4 members (excludes halogenated alkanes) is 17. The maximum absolute atomic E-state index is 2.46. The molecule has 0 saturated heterocycles. The first-order valence-corrected chi connectivity index (χ1v) is 13.1. The van der Waals surface area contributed by atoms with Crippen molar-refractivity contribution in [3.63, 3.8) is 0 Å². The Kier molecular flexibility index (Phi) is 24.1. The summed E-state index contributed by atoms with van der Waals surface area (Å²) in [5.74, 6) is 0.675. The van der Waals surface area contributed by atoms with Crippen LogP contribution in [0.15, 0.2) is 24.3 Å². The predicted octanol–water partition coefficient (Wildman–Crippen LogP) is 10.6. The van der Waals surface area contributed by atoms with E-state index < -0.39 is 0 Å². The molecule has 0 aliphatic heterocycles. The van der Waals surface area contributed by atoms with Crippen LogP contribution in [0.5, 0.6) is 0 Å². The minimum Gasteiger partial charge on any atom is -0.0911 e. The molecule has 0 amide bonds. The zero-order valence-corrected chi connectivity index (χ0v) is 20.0. The van der Waals surface area contributed by atoms with Crippen LogP contribution in [0, 0.1) is 5.92 Å². The van der Waals surface area contributed by atoms with Crippen molar-refractivity contribution in [2.75, 3.05) is 0 Å².